The number of methoxy groups -OCH3 is 3. The molecule has 2 unspecified atom stereocenters. The Hall–Kier alpha value is -1.21. The SMILES string of the molecule is COc1cc(C2(O)CN3CCCCC3CO2)cc(OC)c1OC.Cl. The molecule has 24 heavy (non-hydrogen) atoms. The van der Waals surface area contributed by atoms with Gasteiger partial charge in [0.05, 0.1) is 34.5 Å². The zero-order chi connectivity index (χ0) is 16.4. The second-order valence-corrected chi connectivity index (χ2v) is 6.13. The summed E-state index contributed by atoms with van der Waals surface area (Å²) >= 11 is 0. The van der Waals surface area contributed by atoms with E-state index in [4.69, 9.17) is 18.9 Å². The third-order valence-electron chi connectivity index (χ3n) is 4.80. The van der Waals surface area contributed by atoms with Crippen LogP contribution in [0.4, 0.5) is 0 Å². The van der Waals surface area contributed by atoms with Crippen molar-refractivity contribution in [3.8, 4) is 17.2 Å². The van der Waals surface area contributed by atoms with Gasteiger partial charge in [0, 0.05) is 11.6 Å². The second-order valence-electron chi connectivity index (χ2n) is 6.13. The fourth-order valence-corrected chi connectivity index (χ4v) is 3.49. The Kier molecular flexibility index (Phi) is 6.20. The fourth-order valence-electron chi connectivity index (χ4n) is 3.49. The average molecular weight is 360 g/mol. The van der Waals surface area contributed by atoms with Gasteiger partial charge in [0.25, 0.3) is 0 Å². The van der Waals surface area contributed by atoms with Crippen molar-refractivity contribution in [2.45, 2.75) is 31.1 Å². The van der Waals surface area contributed by atoms with E-state index in [1.165, 1.54) is 12.8 Å². The third-order valence-corrected chi connectivity index (χ3v) is 4.80. The first-order chi connectivity index (χ1) is 11.1. The van der Waals surface area contributed by atoms with Crippen molar-refractivity contribution in [3.63, 3.8) is 0 Å². The van der Waals surface area contributed by atoms with E-state index in [9.17, 15) is 5.11 Å². The first-order valence-electron chi connectivity index (χ1n) is 8.02. The van der Waals surface area contributed by atoms with Crippen molar-refractivity contribution in [2.75, 3.05) is 41.0 Å². The molecule has 2 heterocycles. The van der Waals surface area contributed by atoms with Crippen molar-refractivity contribution in [2.24, 2.45) is 0 Å². The summed E-state index contributed by atoms with van der Waals surface area (Å²) in [6.07, 6.45) is 3.53. The lowest BCUT2D eigenvalue weighted by Gasteiger charge is -2.46. The maximum absolute atomic E-state index is 11.1. The molecule has 3 rings (SSSR count). The summed E-state index contributed by atoms with van der Waals surface area (Å²) in [6, 6.07) is 3.92. The van der Waals surface area contributed by atoms with Crippen molar-refractivity contribution in [1.82, 2.24) is 4.90 Å². The first-order valence-corrected chi connectivity index (χ1v) is 8.02. The van der Waals surface area contributed by atoms with Gasteiger partial charge in [-0.2, -0.15) is 0 Å². The molecule has 0 amide bonds. The molecule has 6 nitrogen and oxygen atoms in total. The molecule has 7 heteroatoms. The van der Waals surface area contributed by atoms with Gasteiger partial charge >= 0.3 is 0 Å². The van der Waals surface area contributed by atoms with Gasteiger partial charge < -0.3 is 24.1 Å². The van der Waals surface area contributed by atoms with Gasteiger partial charge in [-0.15, -0.1) is 12.4 Å². The molecular weight excluding hydrogens is 334 g/mol. The lowest BCUT2D eigenvalue weighted by atomic mass is 9.96. The molecule has 1 aromatic carbocycles. The highest BCUT2D eigenvalue weighted by molar-refractivity contribution is 5.85. The molecule has 2 atom stereocenters. The van der Waals surface area contributed by atoms with Crippen molar-refractivity contribution < 1.29 is 24.1 Å². The summed E-state index contributed by atoms with van der Waals surface area (Å²) < 4.78 is 21.9. The lowest BCUT2D eigenvalue weighted by molar-refractivity contribution is -0.264. The first kappa shape index (κ1) is 19.1. The highest BCUT2D eigenvalue weighted by Gasteiger charge is 2.42. The van der Waals surface area contributed by atoms with Crippen LogP contribution < -0.4 is 14.2 Å². The van der Waals surface area contributed by atoms with Crippen LogP contribution in [-0.2, 0) is 10.5 Å². The number of morpholine rings is 1. The van der Waals surface area contributed by atoms with Gasteiger partial charge in [0.1, 0.15) is 0 Å². The minimum Gasteiger partial charge on any atom is -0.493 e. The minimum absolute atomic E-state index is 0. The van der Waals surface area contributed by atoms with E-state index >= 15 is 0 Å². The number of benzene rings is 1. The van der Waals surface area contributed by atoms with E-state index < -0.39 is 5.79 Å². The van der Waals surface area contributed by atoms with Gasteiger partial charge in [0.15, 0.2) is 11.5 Å². The number of rotatable bonds is 4. The molecule has 136 valence electrons. The Morgan fingerprint density at radius 1 is 1.12 bits per heavy atom. The Labute approximate surface area is 149 Å². The topological polar surface area (TPSA) is 60.4 Å². The molecule has 1 N–H and O–H groups in total. The minimum atomic E-state index is -1.36. The summed E-state index contributed by atoms with van der Waals surface area (Å²) in [6.45, 7) is 1.99. The van der Waals surface area contributed by atoms with Crippen LogP contribution in [0.5, 0.6) is 17.2 Å². The van der Waals surface area contributed by atoms with Crippen molar-refractivity contribution in [3.05, 3.63) is 17.7 Å². The fraction of sp³-hybridized carbons (Fsp3) is 0.647. The highest BCUT2D eigenvalue weighted by atomic mass is 35.5. The maximum Gasteiger partial charge on any atom is 0.205 e. The zero-order valence-electron chi connectivity index (χ0n) is 14.4. The van der Waals surface area contributed by atoms with Gasteiger partial charge in [-0.25, -0.2) is 0 Å². The Balaban J connectivity index is 0.00000208. The Bertz CT molecular complexity index is 545. The second kappa shape index (κ2) is 7.78. The summed E-state index contributed by atoms with van der Waals surface area (Å²) in [5.41, 5.74) is 0.621. The summed E-state index contributed by atoms with van der Waals surface area (Å²) in [5.74, 6) is 0.175. The van der Waals surface area contributed by atoms with Gasteiger partial charge in [-0.1, -0.05) is 6.42 Å². The monoisotopic (exact) mass is 359 g/mol. The largest absolute Gasteiger partial charge is 0.493 e. The number of nitrogens with zero attached hydrogens (tertiary/aromatic N) is 1. The molecule has 0 saturated carbocycles. The molecule has 0 radical (unpaired) electrons. The summed E-state index contributed by atoms with van der Waals surface area (Å²) in [7, 11) is 4.69. The Morgan fingerprint density at radius 3 is 2.38 bits per heavy atom. The molecule has 2 aliphatic heterocycles. The van der Waals surface area contributed by atoms with Gasteiger partial charge in [-0.3, -0.25) is 4.90 Å². The third kappa shape index (κ3) is 3.42. The predicted molar refractivity (Wildman–Crippen MR) is 92.4 cm³/mol. The van der Waals surface area contributed by atoms with E-state index in [2.05, 4.69) is 4.90 Å². The van der Waals surface area contributed by atoms with E-state index in [0.29, 0.717) is 42.0 Å². The number of hydrogen-bond donors (Lipinski definition) is 1. The van der Waals surface area contributed by atoms with Crippen LogP contribution in [0.15, 0.2) is 12.1 Å². The predicted octanol–water partition coefficient (Wildman–Crippen LogP) is 2.16. The average Bonchev–Trinajstić information content (AvgIpc) is 2.60. The van der Waals surface area contributed by atoms with E-state index in [1.54, 1.807) is 33.5 Å². The number of aliphatic hydroxyl groups is 1. The molecule has 0 aliphatic carbocycles. The lowest BCUT2D eigenvalue weighted by Crippen LogP contribution is -2.56. The van der Waals surface area contributed by atoms with Crippen molar-refractivity contribution in [1.29, 1.82) is 0 Å². The molecule has 2 aliphatic rings. The number of fused-ring (bicyclic) bond motifs is 1. The number of hydrogen-bond acceptors (Lipinski definition) is 6. The van der Waals surface area contributed by atoms with Crippen LogP contribution in [0, 0.1) is 0 Å². The van der Waals surface area contributed by atoms with E-state index in [1.807, 2.05) is 0 Å². The molecular formula is C17H26ClNO5. The van der Waals surface area contributed by atoms with Crippen LogP contribution in [0.2, 0.25) is 0 Å². The van der Waals surface area contributed by atoms with Crippen LogP contribution in [-0.4, -0.2) is 57.1 Å². The highest BCUT2D eigenvalue weighted by Crippen LogP contribution is 2.42. The summed E-state index contributed by atoms with van der Waals surface area (Å²) in [5, 5.41) is 11.1. The molecule has 2 saturated heterocycles. The summed E-state index contributed by atoms with van der Waals surface area (Å²) in [4.78, 5) is 2.32. The number of piperidine rings is 1. The van der Waals surface area contributed by atoms with Gasteiger partial charge in [0.2, 0.25) is 11.5 Å². The van der Waals surface area contributed by atoms with Crippen LogP contribution in [0.1, 0.15) is 24.8 Å². The van der Waals surface area contributed by atoms with Crippen LogP contribution in [0.25, 0.3) is 0 Å². The maximum atomic E-state index is 11.1. The number of ether oxygens (including phenoxy) is 4. The molecule has 0 aromatic heterocycles. The quantitative estimate of drug-likeness (QED) is 0.889. The van der Waals surface area contributed by atoms with Crippen LogP contribution in [0.3, 0.4) is 0 Å². The zero-order valence-corrected chi connectivity index (χ0v) is 15.2. The van der Waals surface area contributed by atoms with E-state index in [-0.39, 0.29) is 12.4 Å². The normalized spacial score (nSPS) is 26.9. The molecule has 0 spiro atoms. The van der Waals surface area contributed by atoms with Gasteiger partial charge in [-0.05, 0) is 31.5 Å². The standard InChI is InChI=1S/C17H25NO5.ClH/c1-20-14-8-12(9-15(21-2)16(14)22-3)17(19)11-18-7-5-4-6-13(18)10-23-17;/h8-9,13,19H,4-7,10-11H2,1-3H3;1H. The Morgan fingerprint density at radius 2 is 1.79 bits per heavy atom. The van der Waals surface area contributed by atoms with Crippen LogP contribution >= 0.6 is 12.4 Å². The smallest absolute Gasteiger partial charge is 0.205 e. The number of halogens is 1. The molecule has 0 bridgehead atoms. The molecule has 2 fully saturated rings. The van der Waals surface area contributed by atoms with Crippen molar-refractivity contribution >= 4 is 12.4 Å². The van der Waals surface area contributed by atoms with E-state index in [0.717, 1.165) is 13.0 Å². The molecule has 1 aromatic rings.